The van der Waals surface area contributed by atoms with Crippen molar-refractivity contribution in [2.45, 2.75) is 50.7 Å². The Morgan fingerprint density at radius 3 is 2.86 bits per heavy atom. The lowest BCUT2D eigenvalue weighted by Gasteiger charge is -2.44. The summed E-state index contributed by atoms with van der Waals surface area (Å²) in [5.74, 6) is 2.81. The SMILES string of the molecule is Cc1ccccc1CC(O)C1CCOC2(CCSCC2)C1. The van der Waals surface area contributed by atoms with Crippen LogP contribution in [0, 0.1) is 12.8 Å². The summed E-state index contributed by atoms with van der Waals surface area (Å²) in [6.07, 6.45) is 4.91. The van der Waals surface area contributed by atoms with Crippen LogP contribution < -0.4 is 0 Å². The molecule has 0 radical (unpaired) electrons. The summed E-state index contributed by atoms with van der Waals surface area (Å²) in [6, 6.07) is 8.41. The molecule has 1 spiro atoms. The van der Waals surface area contributed by atoms with E-state index in [0.717, 1.165) is 38.7 Å². The van der Waals surface area contributed by atoms with Crippen molar-refractivity contribution >= 4 is 11.8 Å². The number of aryl methyl sites for hydroxylation is 1. The summed E-state index contributed by atoms with van der Waals surface area (Å²) < 4.78 is 6.14. The van der Waals surface area contributed by atoms with Gasteiger partial charge in [0, 0.05) is 6.61 Å². The number of thioether (sulfide) groups is 1. The first kappa shape index (κ1) is 15.4. The average Bonchev–Trinajstić information content (AvgIpc) is 2.50. The molecule has 2 atom stereocenters. The van der Waals surface area contributed by atoms with Gasteiger partial charge in [0.05, 0.1) is 11.7 Å². The highest BCUT2D eigenvalue weighted by Gasteiger charge is 2.40. The second-order valence-corrected chi connectivity index (χ2v) is 7.82. The molecule has 2 fully saturated rings. The third kappa shape index (κ3) is 3.64. The first-order valence-electron chi connectivity index (χ1n) is 8.13. The third-order valence-electron chi connectivity index (χ3n) is 5.17. The lowest BCUT2D eigenvalue weighted by molar-refractivity contribution is -0.120. The van der Waals surface area contributed by atoms with Gasteiger partial charge >= 0.3 is 0 Å². The number of aliphatic hydroxyl groups excluding tert-OH is 1. The first-order valence-corrected chi connectivity index (χ1v) is 9.28. The molecule has 2 aliphatic rings. The summed E-state index contributed by atoms with van der Waals surface area (Å²) in [6.45, 7) is 2.95. The molecule has 2 aliphatic heterocycles. The molecule has 3 heteroatoms. The summed E-state index contributed by atoms with van der Waals surface area (Å²) in [5, 5.41) is 10.7. The van der Waals surface area contributed by atoms with Gasteiger partial charge in [-0.2, -0.15) is 11.8 Å². The van der Waals surface area contributed by atoms with E-state index in [1.807, 2.05) is 11.8 Å². The van der Waals surface area contributed by atoms with Crippen molar-refractivity contribution in [3.8, 4) is 0 Å². The molecule has 0 bridgehead atoms. The second kappa shape index (κ2) is 6.72. The molecule has 0 aliphatic carbocycles. The van der Waals surface area contributed by atoms with E-state index >= 15 is 0 Å². The average molecular weight is 306 g/mol. The molecule has 21 heavy (non-hydrogen) atoms. The molecule has 0 amide bonds. The highest BCUT2D eigenvalue weighted by Crippen LogP contribution is 2.41. The Kier molecular flexibility index (Phi) is 4.92. The molecule has 2 saturated heterocycles. The maximum absolute atomic E-state index is 10.7. The maximum atomic E-state index is 10.7. The van der Waals surface area contributed by atoms with Crippen LogP contribution in [0.15, 0.2) is 24.3 Å². The van der Waals surface area contributed by atoms with E-state index in [1.54, 1.807) is 0 Å². The Morgan fingerprint density at radius 2 is 2.10 bits per heavy atom. The van der Waals surface area contributed by atoms with Crippen LogP contribution in [0.5, 0.6) is 0 Å². The first-order chi connectivity index (χ1) is 10.2. The van der Waals surface area contributed by atoms with Gasteiger partial charge < -0.3 is 9.84 Å². The molecule has 1 aromatic rings. The molecule has 3 rings (SSSR count). The van der Waals surface area contributed by atoms with Crippen molar-refractivity contribution in [1.29, 1.82) is 0 Å². The van der Waals surface area contributed by atoms with Gasteiger partial charge in [0.2, 0.25) is 0 Å². The molecule has 0 aromatic heterocycles. The zero-order valence-corrected chi connectivity index (χ0v) is 13.7. The van der Waals surface area contributed by atoms with E-state index in [2.05, 4.69) is 31.2 Å². The minimum Gasteiger partial charge on any atom is -0.392 e. The van der Waals surface area contributed by atoms with Crippen molar-refractivity contribution in [1.82, 2.24) is 0 Å². The molecule has 0 saturated carbocycles. The van der Waals surface area contributed by atoms with E-state index in [1.165, 1.54) is 22.6 Å². The highest BCUT2D eigenvalue weighted by molar-refractivity contribution is 7.99. The van der Waals surface area contributed by atoms with Gasteiger partial charge in [-0.25, -0.2) is 0 Å². The zero-order chi connectivity index (χ0) is 14.7. The largest absolute Gasteiger partial charge is 0.392 e. The van der Waals surface area contributed by atoms with Crippen molar-refractivity contribution in [3.63, 3.8) is 0 Å². The molecule has 2 nitrogen and oxygen atoms in total. The van der Waals surface area contributed by atoms with Gasteiger partial charge in [-0.3, -0.25) is 0 Å². The van der Waals surface area contributed by atoms with E-state index in [-0.39, 0.29) is 11.7 Å². The van der Waals surface area contributed by atoms with Gasteiger partial charge in [-0.1, -0.05) is 24.3 Å². The van der Waals surface area contributed by atoms with E-state index in [9.17, 15) is 5.11 Å². The normalized spacial score (nSPS) is 26.7. The number of hydrogen-bond acceptors (Lipinski definition) is 3. The van der Waals surface area contributed by atoms with Crippen LogP contribution in [0.25, 0.3) is 0 Å². The van der Waals surface area contributed by atoms with E-state index in [0.29, 0.717) is 5.92 Å². The lowest BCUT2D eigenvalue weighted by Crippen LogP contribution is -2.45. The molecule has 116 valence electrons. The van der Waals surface area contributed by atoms with Crippen molar-refractivity contribution in [2.24, 2.45) is 5.92 Å². The fourth-order valence-electron chi connectivity index (χ4n) is 3.72. The second-order valence-electron chi connectivity index (χ2n) is 6.59. The molecule has 1 aromatic carbocycles. The van der Waals surface area contributed by atoms with Crippen molar-refractivity contribution in [3.05, 3.63) is 35.4 Å². The van der Waals surface area contributed by atoms with Gasteiger partial charge in [0.15, 0.2) is 0 Å². The Bertz CT molecular complexity index is 463. The predicted molar refractivity (Wildman–Crippen MR) is 88.9 cm³/mol. The molecular weight excluding hydrogens is 280 g/mol. The Hall–Kier alpha value is -0.510. The molecular formula is C18H26O2S. The zero-order valence-electron chi connectivity index (χ0n) is 12.9. The van der Waals surface area contributed by atoms with Crippen molar-refractivity contribution in [2.75, 3.05) is 18.1 Å². The Balaban J connectivity index is 1.64. The van der Waals surface area contributed by atoms with Crippen LogP contribution in [-0.4, -0.2) is 34.9 Å². The minimum absolute atomic E-state index is 0.0703. The Labute approximate surface area is 132 Å². The summed E-state index contributed by atoms with van der Waals surface area (Å²) in [7, 11) is 0. The highest BCUT2D eigenvalue weighted by atomic mass is 32.2. The van der Waals surface area contributed by atoms with Gasteiger partial charge in [0.1, 0.15) is 0 Å². The smallest absolute Gasteiger partial charge is 0.0701 e. The quantitative estimate of drug-likeness (QED) is 0.925. The number of rotatable bonds is 3. The van der Waals surface area contributed by atoms with Crippen LogP contribution >= 0.6 is 11.8 Å². The topological polar surface area (TPSA) is 29.5 Å². The van der Waals surface area contributed by atoms with Crippen LogP contribution in [0.4, 0.5) is 0 Å². The summed E-state index contributed by atoms with van der Waals surface area (Å²) in [4.78, 5) is 0. The third-order valence-corrected chi connectivity index (χ3v) is 6.16. The fraction of sp³-hybridized carbons (Fsp3) is 0.667. The van der Waals surface area contributed by atoms with Crippen LogP contribution in [-0.2, 0) is 11.2 Å². The minimum atomic E-state index is -0.235. The van der Waals surface area contributed by atoms with Gasteiger partial charge in [0.25, 0.3) is 0 Å². The van der Waals surface area contributed by atoms with Crippen LogP contribution in [0.1, 0.15) is 36.8 Å². The number of aliphatic hydroxyl groups is 1. The van der Waals surface area contributed by atoms with Gasteiger partial charge in [-0.05, 0) is 67.6 Å². The van der Waals surface area contributed by atoms with E-state index in [4.69, 9.17) is 4.74 Å². The standard InChI is InChI=1S/C18H26O2S/c1-14-4-2-3-5-15(14)12-17(19)16-6-9-20-18(13-16)7-10-21-11-8-18/h2-5,16-17,19H,6-13H2,1H3. The van der Waals surface area contributed by atoms with Crippen LogP contribution in [0.3, 0.4) is 0 Å². The Morgan fingerprint density at radius 1 is 1.33 bits per heavy atom. The molecule has 2 unspecified atom stereocenters. The maximum Gasteiger partial charge on any atom is 0.0701 e. The molecule has 1 N–H and O–H groups in total. The number of hydrogen-bond donors (Lipinski definition) is 1. The van der Waals surface area contributed by atoms with Crippen LogP contribution in [0.2, 0.25) is 0 Å². The summed E-state index contributed by atoms with van der Waals surface area (Å²) >= 11 is 2.03. The fourth-order valence-corrected chi connectivity index (χ4v) is 4.95. The predicted octanol–water partition coefficient (Wildman–Crippen LogP) is 3.59. The van der Waals surface area contributed by atoms with Gasteiger partial charge in [-0.15, -0.1) is 0 Å². The van der Waals surface area contributed by atoms with Crippen molar-refractivity contribution < 1.29 is 9.84 Å². The number of benzene rings is 1. The summed E-state index contributed by atoms with van der Waals surface area (Å²) in [5.41, 5.74) is 2.64. The monoisotopic (exact) mass is 306 g/mol. The lowest BCUT2D eigenvalue weighted by atomic mass is 9.78. The number of ether oxygens (including phenoxy) is 1. The van der Waals surface area contributed by atoms with E-state index < -0.39 is 0 Å². The molecule has 2 heterocycles.